The molecule has 0 bridgehead atoms. The first kappa shape index (κ1) is 13.4. The Balaban J connectivity index is 2.01. The van der Waals surface area contributed by atoms with Crippen LogP contribution in [0.15, 0.2) is 17.0 Å². The normalized spacial score (nSPS) is 18.4. The van der Waals surface area contributed by atoms with Gasteiger partial charge in [0, 0.05) is 6.04 Å². The molecule has 0 aromatic carbocycles. The summed E-state index contributed by atoms with van der Waals surface area (Å²) in [4.78, 5) is 5.16. The van der Waals surface area contributed by atoms with Crippen molar-refractivity contribution in [3.05, 3.63) is 18.4 Å². The molecule has 0 amide bonds. The summed E-state index contributed by atoms with van der Waals surface area (Å²) in [5.41, 5.74) is 0. The van der Waals surface area contributed by atoms with Crippen LogP contribution in [-0.4, -0.2) is 41.7 Å². The van der Waals surface area contributed by atoms with E-state index in [1.54, 1.807) is 0 Å². The minimum absolute atomic E-state index is 0.0574. The summed E-state index contributed by atoms with van der Waals surface area (Å²) in [7, 11) is 0. The van der Waals surface area contributed by atoms with Crippen molar-refractivity contribution in [1.82, 2.24) is 15.2 Å². The van der Waals surface area contributed by atoms with E-state index < -0.39 is 12.7 Å². The summed E-state index contributed by atoms with van der Waals surface area (Å²) in [6.45, 7) is 0.771. The zero-order valence-corrected chi connectivity index (χ0v) is 9.91. The Morgan fingerprint density at radius 3 is 2.67 bits per heavy atom. The second-order valence-corrected chi connectivity index (χ2v) is 4.47. The maximum Gasteiger partial charge on any atom is 0.401 e. The van der Waals surface area contributed by atoms with Gasteiger partial charge in [-0.25, -0.2) is 4.98 Å². The molecule has 0 unspecified atom stereocenters. The number of nitrogens with zero attached hydrogens (tertiary/aromatic N) is 2. The molecule has 0 atom stereocenters. The van der Waals surface area contributed by atoms with Gasteiger partial charge in [-0.1, -0.05) is 0 Å². The highest BCUT2D eigenvalue weighted by Gasteiger charge is 2.34. The molecule has 0 aliphatic carbocycles. The Morgan fingerprint density at radius 1 is 1.39 bits per heavy atom. The smallest absolute Gasteiger partial charge is 0.401 e. The Bertz CT molecular complexity index is 347. The Hall–Kier alpha value is -1.08. The van der Waals surface area contributed by atoms with Gasteiger partial charge in [0.15, 0.2) is 6.39 Å². The topological polar surface area (TPSA) is 41.3 Å². The van der Waals surface area contributed by atoms with Crippen LogP contribution in [-0.2, 0) is 6.54 Å². The van der Waals surface area contributed by atoms with E-state index in [9.17, 15) is 13.2 Å². The third kappa shape index (κ3) is 3.99. The maximum absolute atomic E-state index is 12.6. The van der Waals surface area contributed by atoms with Crippen molar-refractivity contribution in [2.24, 2.45) is 0 Å². The quantitative estimate of drug-likeness (QED) is 0.899. The number of piperidine rings is 1. The number of rotatable bonds is 4. The lowest BCUT2D eigenvalue weighted by Crippen LogP contribution is -2.46. The second-order valence-electron chi connectivity index (χ2n) is 4.47. The average Bonchev–Trinajstić information content (AvgIpc) is 2.80. The van der Waals surface area contributed by atoms with Crippen LogP contribution in [0.4, 0.5) is 13.2 Å². The van der Waals surface area contributed by atoms with E-state index >= 15 is 0 Å². The van der Waals surface area contributed by atoms with Crippen LogP contribution in [0.1, 0.15) is 18.6 Å². The molecule has 0 saturated carbocycles. The number of aromatic nitrogens is 1. The van der Waals surface area contributed by atoms with Gasteiger partial charge in [0.05, 0.1) is 19.3 Å². The highest BCUT2D eigenvalue weighted by atomic mass is 19.4. The second kappa shape index (κ2) is 5.71. The van der Waals surface area contributed by atoms with Gasteiger partial charge >= 0.3 is 6.18 Å². The van der Waals surface area contributed by atoms with E-state index in [-0.39, 0.29) is 12.6 Å². The molecule has 2 heterocycles. The van der Waals surface area contributed by atoms with Crippen LogP contribution in [0.25, 0.3) is 0 Å². The molecule has 102 valence electrons. The van der Waals surface area contributed by atoms with Gasteiger partial charge in [-0.05, 0) is 25.9 Å². The average molecular weight is 263 g/mol. The van der Waals surface area contributed by atoms with Crippen molar-refractivity contribution in [3.63, 3.8) is 0 Å². The molecule has 1 aromatic heterocycles. The highest BCUT2D eigenvalue weighted by molar-refractivity contribution is 4.91. The van der Waals surface area contributed by atoms with Gasteiger partial charge in [-0.15, -0.1) is 0 Å². The zero-order valence-electron chi connectivity index (χ0n) is 9.91. The summed E-state index contributed by atoms with van der Waals surface area (Å²) < 4.78 is 42.8. The van der Waals surface area contributed by atoms with Crippen LogP contribution in [0.2, 0.25) is 0 Å². The largest absolute Gasteiger partial charge is 0.447 e. The number of halogens is 3. The van der Waals surface area contributed by atoms with Crippen LogP contribution in [0.5, 0.6) is 0 Å². The van der Waals surface area contributed by atoms with E-state index in [1.165, 1.54) is 17.5 Å². The lowest BCUT2D eigenvalue weighted by atomic mass is 10.0. The lowest BCUT2D eigenvalue weighted by Gasteiger charge is -2.34. The summed E-state index contributed by atoms with van der Waals surface area (Å²) in [6, 6.07) is -0.0574. The maximum atomic E-state index is 12.6. The third-order valence-corrected chi connectivity index (χ3v) is 3.05. The van der Waals surface area contributed by atoms with Crippen molar-refractivity contribution >= 4 is 0 Å². The fourth-order valence-corrected chi connectivity index (χ4v) is 2.24. The predicted molar refractivity (Wildman–Crippen MR) is 58.9 cm³/mol. The number of oxazole rings is 1. The molecular formula is C11H16F3N3O. The van der Waals surface area contributed by atoms with Gasteiger partial charge in [0.25, 0.3) is 0 Å². The number of alkyl halides is 3. The summed E-state index contributed by atoms with van der Waals surface area (Å²) >= 11 is 0. The summed E-state index contributed by atoms with van der Waals surface area (Å²) in [5.74, 6) is 0.470. The molecule has 1 aliphatic heterocycles. The van der Waals surface area contributed by atoms with E-state index in [0.29, 0.717) is 5.76 Å². The molecule has 1 saturated heterocycles. The van der Waals surface area contributed by atoms with Crippen molar-refractivity contribution in [1.29, 1.82) is 0 Å². The minimum Gasteiger partial charge on any atom is -0.447 e. The van der Waals surface area contributed by atoms with E-state index in [1.807, 2.05) is 0 Å². The van der Waals surface area contributed by atoms with Gasteiger partial charge in [0.1, 0.15) is 5.76 Å². The number of nitrogens with one attached hydrogen (secondary N) is 1. The molecule has 1 fully saturated rings. The van der Waals surface area contributed by atoms with Crippen molar-refractivity contribution in [3.8, 4) is 0 Å². The molecule has 0 spiro atoms. The fraction of sp³-hybridized carbons (Fsp3) is 0.727. The molecule has 0 radical (unpaired) electrons. The first-order chi connectivity index (χ1) is 8.54. The summed E-state index contributed by atoms with van der Waals surface area (Å²) in [6.07, 6.45) is -0.0344. The first-order valence-electron chi connectivity index (χ1n) is 5.93. The van der Waals surface area contributed by atoms with Gasteiger partial charge < -0.3 is 9.73 Å². The zero-order chi connectivity index (χ0) is 13.0. The molecule has 4 nitrogen and oxygen atoms in total. The Morgan fingerprint density at radius 2 is 2.11 bits per heavy atom. The SMILES string of the molecule is FC(F)(F)CN(Cc1cnco1)C1CCNCC1. The van der Waals surface area contributed by atoms with Crippen LogP contribution in [0, 0.1) is 0 Å². The Labute approximate surface area is 103 Å². The number of hydrogen-bond donors (Lipinski definition) is 1. The van der Waals surface area contributed by atoms with Crippen molar-refractivity contribution < 1.29 is 17.6 Å². The van der Waals surface area contributed by atoms with Crippen molar-refractivity contribution in [2.75, 3.05) is 19.6 Å². The minimum atomic E-state index is -4.19. The third-order valence-electron chi connectivity index (χ3n) is 3.05. The Kier molecular flexibility index (Phi) is 4.23. The van der Waals surface area contributed by atoms with Gasteiger partial charge in [0.2, 0.25) is 0 Å². The van der Waals surface area contributed by atoms with Crippen LogP contribution < -0.4 is 5.32 Å². The molecule has 18 heavy (non-hydrogen) atoms. The monoisotopic (exact) mass is 263 g/mol. The molecule has 1 aliphatic rings. The van der Waals surface area contributed by atoms with E-state index in [0.717, 1.165) is 25.9 Å². The lowest BCUT2D eigenvalue weighted by molar-refractivity contribution is -0.154. The van der Waals surface area contributed by atoms with Crippen LogP contribution in [0.3, 0.4) is 0 Å². The molecule has 1 aromatic rings. The highest BCUT2D eigenvalue weighted by Crippen LogP contribution is 2.23. The first-order valence-corrected chi connectivity index (χ1v) is 5.93. The van der Waals surface area contributed by atoms with Gasteiger partial charge in [-0.2, -0.15) is 13.2 Å². The van der Waals surface area contributed by atoms with Crippen molar-refractivity contribution in [2.45, 2.75) is 31.6 Å². The summed E-state index contributed by atoms with van der Waals surface area (Å²) in [5, 5.41) is 3.15. The molecular weight excluding hydrogens is 247 g/mol. The van der Waals surface area contributed by atoms with E-state index in [4.69, 9.17) is 4.42 Å². The standard InChI is InChI=1S/C11H16F3N3O/c12-11(13,14)7-17(6-10-5-16-8-18-10)9-1-3-15-4-2-9/h5,8-9,15H,1-4,6-7H2. The molecule has 7 heteroatoms. The van der Waals surface area contributed by atoms with E-state index in [2.05, 4.69) is 10.3 Å². The number of hydrogen-bond acceptors (Lipinski definition) is 4. The van der Waals surface area contributed by atoms with Crippen LogP contribution >= 0.6 is 0 Å². The van der Waals surface area contributed by atoms with Gasteiger partial charge in [-0.3, -0.25) is 4.90 Å². The molecule has 2 rings (SSSR count). The predicted octanol–water partition coefficient (Wildman–Crippen LogP) is 1.79. The molecule has 1 N–H and O–H groups in total. The fourth-order valence-electron chi connectivity index (χ4n) is 2.24.